The largest absolute Gasteiger partial charge is 0.465 e. The van der Waals surface area contributed by atoms with Crippen molar-refractivity contribution in [2.45, 2.75) is 40.5 Å². The summed E-state index contributed by atoms with van der Waals surface area (Å²) in [4.78, 5) is 11.3. The van der Waals surface area contributed by atoms with E-state index in [0.29, 0.717) is 6.61 Å². The van der Waals surface area contributed by atoms with Crippen LogP contribution >= 0.6 is 0 Å². The van der Waals surface area contributed by atoms with Gasteiger partial charge in [-0.3, -0.25) is 4.79 Å². The molecule has 0 aromatic rings. The second-order valence-electron chi connectivity index (χ2n) is 4.49. The van der Waals surface area contributed by atoms with E-state index in [2.05, 4.69) is 12.2 Å². The van der Waals surface area contributed by atoms with Crippen molar-refractivity contribution in [3.05, 3.63) is 0 Å². The highest BCUT2D eigenvalue weighted by Crippen LogP contribution is 2.14. The fourth-order valence-corrected chi connectivity index (χ4v) is 0.880. The average molecular weight is 201 g/mol. The van der Waals surface area contributed by atoms with Crippen molar-refractivity contribution in [2.75, 3.05) is 19.7 Å². The van der Waals surface area contributed by atoms with Crippen molar-refractivity contribution < 1.29 is 9.53 Å². The van der Waals surface area contributed by atoms with Crippen LogP contribution in [0, 0.1) is 5.41 Å². The third-order valence-corrected chi connectivity index (χ3v) is 1.77. The van der Waals surface area contributed by atoms with E-state index in [1.165, 1.54) is 0 Å². The van der Waals surface area contributed by atoms with Crippen LogP contribution in [-0.4, -0.2) is 25.7 Å². The van der Waals surface area contributed by atoms with E-state index in [1.807, 2.05) is 20.8 Å². The molecule has 0 bridgehead atoms. The van der Waals surface area contributed by atoms with Gasteiger partial charge in [-0.2, -0.15) is 0 Å². The second kappa shape index (κ2) is 6.82. The Morgan fingerprint density at radius 2 is 1.93 bits per heavy atom. The lowest BCUT2D eigenvalue weighted by Crippen LogP contribution is -2.24. The molecular formula is C11H23NO2. The third-order valence-electron chi connectivity index (χ3n) is 1.77. The summed E-state index contributed by atoms with van der Waals surface area (Å²) < 4.78 is 5.11. The fraction of sp³-hybridized carbons (Fsp3) is 0.909. The van der Waals surface area contributed by atoms with Gasteiger partial charge in [0.25, 0.3) is 0 Å². The van der Waals surface area contributed by atoms with E-state index in [1.54, 1.807) is 0 Å². The first-order valence-electron chi connectivity index (χ1n) is 5.36. The molecule has 0 atom stereocenters. The summed E-state index contributed by atoms with van der Waals surface area (Å²) in [7, 11) is 0. The minimum Gasteiger partial charge on any atom is -0.465 e. The summed E-state index contributed by atoms with van der Waals surface area (Å²) in [6.45, 7) is 10.2. The van der Waals surface area contributed by atoms with Gasteiger partial charge < -0.3 is 10.1 Å². The Kier molecular flexibility index (Phi) is 6.54. The molecule has 3 nitrogen and oxygen atoms in total. The van der Waals surface area contributed by atoms with Crippen LogP contribution in [0.2, 0.25) is 0 Å². The monoisotopic (exact) mass is 201 g/mol. The summed E-state index contributed by atoms with van der Waals surface area (Å²) >= 11 is 0. The van der Waals surface area contributed by atoms with Gasteiger partial charge in [0.05, 0.1) is 12.0 Å². The van der Waals surface area contributed by atoms with Gasteiger partial charge in [-0.1, -0.05) is 6.92 Å². The van der Waals surface area contributed by atoms with Crippen molar-refractivity contribution in [1.82, 2.24) is 5.32 Å². The van der Waals surface area contributed by atoms with Gasteiger partial charge >= 0.3 is 5.97 Å². The molecule has 0 saturated carbocycles. The highest BCUT2D eigenvalue weighted by atomic mass is 16.5. The van der Waals surface area contributed by atoms with Crippen LogP contribution in [0.1, 0.15) is 40.5 Å². The second-order valence-corrected chi connectivity index (χ2v) is 4.49. The van der Waals surface area contributed by atoms with Gasteiger partial charge in [0.1, 0.15) is 0 Å². The minimum absolute atomic E-state index is 0.118. The normalized spacial score (nSPS) is 11.4. The van der Waals surface area contributed by atoms with Gasteiger partial charge in [-0.25, -0.2) is 0 Å². The van der Waals surface area contributed by atoms with Crippen LogP contribution in [-0.2, 0) is 9.53 Å². The molecule has 0 amide bonds. The van der Waals surface area contributed by atoms with E-state index in [-0.39, 0.29) is 11.4 Å². The first kappa shape index (κ1) is 13.4. The maximum Gasteiger partial charge on any atom is 0.311 e. The lowest BCUT2D eigenvalue weighted by atomic mass is 9.97. The highest BCUT2D eigenvalue weighted by Gasteiger charge is 2.22. The lowest BCUT2D eigenvalue weighted by molar-refractivity contribution is -0.152. The molecule has 84 valence electrons. The number of rotatable bonds is 6. The zero-order valence-corrected chi connectivity index (χ0v) is 9.85. The highest BCUT2D eigenvalue weighted by molar-refractivity contribution is 5.75. The number of ether oxygens (including phenoxy) is 1. The Bertz CT molecular complexity index is 161. The van der Waals surface area contributed by atoms with E-state index < -0.39 is 0 Å². The number of nitrogens with one attached hydrogen (secondary N) is 1. The summed E-state index contributed by atoms with van der Waals surface area (Å²) in [6.07, 6.45) is 2.03. The number of esters is 1. The molecule has 0 radical (unpaired) electrons. The first-order valence-corrected chi connectivity index (χ1v) is 5.36. The Morgan fingerprint density at radius 3 is 2.43 bits per heavy atom. The zero-order chi connectivity index (χ0) is 11.0. The van der Waals surface area contributed by atoms with Crippen LogP contribution in [0.25, 0.3) is 0 Å². The fourth-order valence-electron chi connectivity index (χ4n) is 0.880. The Morgan fingerprint density at radius 1 is 1.29 bits per heavy atom. The maximum absolute atomic E-state index is 11.3. The van der Waals surface area contributed by atoms with Gasteiger partial charge in [0.2, 0.25) is 0 Å². The SMILES string of the molecule is CCCNCCCOC(=O)C(C)(C)C. The molecule has 1 N–H and O–H groups in total. The molecule has 0 spiro atoms. The first-order chi connectivity index (χ1) is 6.48. The summed E-state index contributed by atoms with van der Waals surface area (Å²) in [6, 6.07) is 0. The van der Waals surface area contributed by atoms with Gasteiger partial charge in [0, 0.05) is 0 Å². The van der Waals surface area contributed by atoms with E-state index in [9.17, 15) is 4.79 Å². The third kappa shape index (κ3) is 6.89. The standard InChI is InChI=1S/C11H23NO2/c1-5-7-12-8-6-9-14-10(13)11(2,3)4/h12H,5-9H2,1-4H3. The lowest BCUT2D eigenvalue weighted by Gasteiger charge is -2.16. The summed E-state index contributed by atoms with van der Waals surface area (Å²) in [5, 5.41) is 3.26. The molecule has 0 heterocycles. The molecule has 14 heavy (non-hydrogen) atoms. The van der Waals surface area contributed by atoms with Crippen molar-refractivity contribution in [1.29, 1.82) is 0 Å². The van der Waals surface area contributed by atoms with Crippen LogP contribution in [0.5, 0.6) is 0 Å². The van der Waals surface area contributed by atoms with Crippen LogP contribution < -0.4 is 5.32 Å². The van der Waals surface area contributed by atoms with Crippen LogP contribution in [0.15, 0.2) is 0 Å². The zero-order valence-electron chi connectivity index (χ0n) is 9.85. The average Bonchev–Trinajstić information content (AvgIpc) is 2.09. The van der Waals surface area contributed by atoms with Crippen LogP contribution in [0.3, 0.4) is 0 Å². The molecule has 0 saturated heterocycles. The number of carbonyl (C=O) groups excluding carboxylic acids is 1. The van der Waals surface area contributed by atoms with Gasteiger partial charge in [-0.05, 0) is 46.7 Å². The number of carbonyl (C=O) groups is 1. The summed E-state index contributed by atoms with van der Waals surface area (Å²) in [5.41, 5.74) is -0.378. The minimum atomic E-state index is -0.378. The predicted octanol–water partition coefficient (Wildman–Crippen LogP) is 1.97. The molecule has 0 unspecified atom stereocenters. The number of hydrogen-bond donors (Lipinski definition) is 1. The molecule has 0 aromatic heterocycles. The quantitative estimate of drug-likeness (QED) is 0.527. The molecule has 3 heteroatoms. The number of hydrogen-bond acceptors (Lipinski definition) is 3. The van der Waals surface area contributed by atoms with Crippen molar-refractivity contribution in [3.63, 3.8) is 0 Å². The maximum atomic E-state index is 11.3. The Hall–Kier alpha value is -0.570. The van der Waals surface area contributed by atoms with Crippen molar-refractivity contribution in [2.24, 2.45) is 5.41 Å². The smallest absolute Gasteiger partial charge is 0.311 e. The Balaban J connectivity index is 3.33. The van der Waals surface area contributed by atoms with E-state index in [4.69, 9.17) is 4.74 Å². The molecule has 0 fully saturated rings. The van der Waals surface area contributed by atoms with Crippen molar-refractivity contribution in [3.8, 4) is 0 Å². The van der Waals surface area contributed by atoms with Crippen molar-refractivity contribution >= 4 is 5.97 Å². The molecular weight excluding hydrogens is 178 g/mol. The molecule has 0 aliphatic rings. The topological polar surface area (TPSA) is 38.3 Å². The van der Waals surface area contributed by atoms with Gasteiger partial charge in [0.15, 0.2) is 0 Å². The Labute approximate surface area is 87.2 Å². The molecule has 0 rings (SSSR count). The van der Waals surface area contributed by atoms with Gasteiger partial charge in [-0.15, -0.1) is 0 Å². The van der Waals surface area contributed by atoms with E-state index in [0.717, 1.165) is 25.9 Å². The van der Waals surface area contributed by atoms with Crippen LogP contribution in [0.4, 0.5) is 0 Å². The molecule has 0 aliphatic heterocycles. The molecule has 0 aliphatic carbocycles. The molecule has 0 aromatic carbocycles. The van der Waals surface area contributed by atoms with E-state index >= 15 is 0 Å². The summed E-state index contributed by atoms with van der Waals surface area (Å²) in [5.74, 6) is -0.118. The predicted molar refractivity (Wildman–Crippen MR) is 58.2 cm³/mol.